The molecule has 0 spiro atoms. The normalized spacial score (nSPS) is 8.30. The van der Waals surface area contributed by atoms with Gasteiger partial charge in [0.1, 0.15) is 11.5 Å². The van der Waals surface area contributed by atoms with Gasteiger partial charge in [-0.2, -0.15) is 0 Å². The van der Waals surface area contributed by atoms with Crippen LogP contribution in [0, 0.1) is 11.8 Å². The van der Waals surface area contributed by atoms with E-state index in [2.05, 4.69) is 15.4 Å². The molecular formula is C16H20ClKN2O7. The minimum absolute atomic E-state index is 0. The van der Waals surface area contributed by atoms with Gasteiger partial charge >= 0.3 is 57.4 Å². The summed E-state index contributed by atoms with van der Waals surface area (Å²) in [6.45, 7) is 1.71. The summed E-state index contributed by atoms with van der Waals surface area (Å²) < 4.78 is 9.40. The summed E-state index contributed by atoms with van der Waals surface area (Å²) in [6.07, 6.45) is 0. The zero-order chi connectivity index (χ0) is 18.1. The zero-order valence-corrected chi connectivity index (χ0v) is 19.2. The number of halogens is 1. The van der Waals surface area contributed by atoms with Crippen LogP contribution in [-0.4, -0.2) is 36.2 Å². The molecule has 11 heteroatoms. The Labute approximate surface area is 204 Å². The first-order valence-electron chi connectivity index (χ1n) is 6.72. The monoisotopic (exact) mass is 426 g/mol. The fraction of sp³-hybridized carbons (Fsp3) is 0.188. The largest absolute Gasteiger partial charge is 1.00 e. The SMILES string of the molecule is COC(=O)c1cc(C)c(Cl)c(NN=O)c1.COc1ccc(O)cc1.O.[K+].[OH-]. The zero-order valence-electron chi connectivity index (χ0n) is 15.3. The topological polar surface area (TPSA) is 159 Å². The predicted molar refractivity (Wildman–Crippen MR) is 97.2 cm³/mol. The molecule has 9 nitrogen and oxygen atoms in total. The van der Waals surface area contributed by atoms with Crippen LogP contribution in [0.5, 0.6) is 11.5 Å². The number of nitroso groups, excluding NO2 is 1. The van der Waals surface area contributed by atoms with Crippen LogP contribution in [0.25, 0.3) is 0 Å². The molecule has 5 N–H and O–H groups in total. The maximum atomic E-state index is 11.2. The van der Waals surface area contributed by atoms with Crippen molar-refractivity contribution in [2.45, 2.75) is 6.92 Å². The molecule has 0 radical (unpaired) electrons. The number of aromatic hydroxyl groups is 1. The molecule has 0 amide bonds. The molecule has 0 heterocycles. The summed E-state index contributed by atoms with van der Waals surface area (Å²) in [6, 6.07) is 9.55. The number of carbonyl (C=O) groups excluding carboxylic acids is 1. The third kappa shape index (κ3) is 10.0. The van der Waals surface area contributed by atoms with E-state index in [0.29, 0.717) is 16.1 Å². The minimum Gasteiger partial charge on any atom is -0.870 e. The summed E-state index contributed by atoms with van der Waals surface area (Å²) >= 11 is 5.88. The van der Waals surface area contributed by atoms with Gasteiger partial charge in [0.15, 0.2) is 0 Å². The van der Waals surface area contributed by atoms with Crippen LogP contribution in [0.2, 0.25) is 5.02 Å². The first kappa shape index (κ1) is 30.5. The number of nitrogens with one attached hydrogen (secondary N) is 1. The average molecular weight is 427 g/mol. The van der Waals surface area contributed by atoms with Gasteiger partial charge in [0.05, 0.1) is 35.8 Å². The summed E-state index contributed by atoms with van der Waals surface area (Å²) in [7, 11) is 2.86. The molecule has 2 aromatic rings. The second-order valence-corrected chi connectivity index (χ2v) is 4.93. The van der Waals surface area contributed by atoms with E-state index in [1.807, 2.05) is 0 Å². The maximum absolute atomic E-state index is 11.2. The van der Waals surface area contributed by atoms with Crippen molar-refractivity contribution >= 4 is 23.3 Å². The van der Waals surface area contributed by atoms with E-state index in [1.54, 1.807) is 44.4 Å². The van der Waals surface area contributed by atoms with Gasteiger partial charge < -0.3 is 25.5 Å². The Morgan fingerprint density at radius 1 is 1.19 bits per heavy atom. The van der Waals surface area contributed by atoms with E-state index < -0.39 is 5.97 Å². The molecule has 0 saturated carbocycles. The fourth-order valence-corrected chi connectivity index (χ4v) is 1.87. The van der Waals surface area contributed by atoms with Gasteiger partial charge in [-0.1, -0.05) is 11.6 Å². The quantitative estimate of drug-likeness (QED) is 0.299. The summed E-state index contributed by atoms with van der Waals surface area (Å²) in [5.41, 5.74) is 3.42. The number of phenolic OH excluding ortho intramolecular Hbond substituents is 1. The Hall–Kier alpha value is -1.24. The Morgan fingerprint density at radius 3 is 2.19 bits per heavy atom. The standard InChI is InChI=1S/C9H9ClN2O3.C7H8O2.K.2H2O/c1-5-3-6(9(13)15-2)4-7(8(5)10)11-12-14;1-9-7-4-2-6(8)3-5-7;;;/h3-4H,1-2H3,(H,11,14);2-5,8H,1H3;;2*1H2/q;;+1;;/p-1. The number of benzene rings is 2. The Morgan fingerprint density at radius 2 is 1.74 bits per heavy atom. The van der Waals surface area contributed by atoms with Gasteiger partial charge in [-0.25, -0.2) is 10.2 Å². The fourth-order valence-electron chi connectivity index (χ4n) is 1.72. The molecule has 0 atom stereocenters. The van der Waals surface area contributed by atoms with Crippen molar-refractivity contribution < 1.29 is 81.7 Å². The summed E-state index contributed by atoms with van der Waals surface area (Å²) in [5, 5.41) is 11.6. The predicted octanol–water partition coefficient (Wildman–Crippen LogP) is -0.0684. The molecule has 0 fully saturated rings. The smallest absolute Gasteiger partial charge is 0.870 e. The van der Waals surface area contributed by atoms with E-state index in [9.17, 15) is 9.70 Å². The molecule has 0 unspecified atom stereocenters. The van der Waals surface area contributed by atoms with E-state index in [0.717, 1.165) is 5.75 Å². The van der Waals surface area contributed by atoms with Gasteiger partial charge in [0.2, 0.25) is 0 Å². The maximum Gasteiger partial charge on any atom is 1.00 e. The van der Waals surface area contributed by atoms with Crippen LogP contribution in [-0.2, 0) is 4.74 Å². The number of rotatable bonds is 4. The Balaban J connectivity index is -0.000000420. The number of methoxy groups -OCH3 is 2. The molecule has 0 aliphatic rings. The molecule has 144 valence electrons. The molecule has 0 saturated heterocycles. The van der Waals surface area contributed by atoms with E-state index in [-0.39, 0.29) is 73.8 Å². The van der Waals surface area contributed by atoms with E-state index >= 15 is 0 Å². The average Bonchev–Trinajstić information content (AvgIpc) is 2.59. The number of hydrogen-bond acceptors (Lipinski definition) is 7. The van der Waals surface area contributed by atoms with Crippen LogP contribution < -0.4 is 61.5 Å². The van der Waals surface area contributed by atoms with E-state index in [1.165, 1.54) is 13.2 Å². The minimum atomic E-state index is -0.497. The van der Waals surface area contributed by atoms with Crippen molar-refractivity contribution in [1.29, 1.82) is 0 Å². The van der Waals surface area contributed by atoms with Crippen molar-refractivity contribution in [3.8, 4) is 11.5 Å². The van der Waals surface area contributed by atoms with Crippen LogP contribution in [0.3, 0.4) is 0 Å². The van der Waals surface area contributed by atoms with Gasteiger partial charge in [-0.05, 0) is 48.9 Å². The first-order chi connectivity index (χ1) is 11.4. The molecule has 2 rings (SSSR count). The van der Waals surface area contributed by atoms with Gasteiger partial charge in [0.25, 0.3) is 0 Å². The van der Waals surface area contributed by atoms with Crippen LogP contribution in [0.4, 0.5) is 5.69 Å². The second-order valence-electron chi connectivity index (χ2n) is 4.55. The molecule has 0 aliphatic carbocycles. The Kier molecular flexibility index (Phi) is 17.8. The summed E-state index contributed by atoms with van der Waals surface area (Å²) in [4.78, 5) is 21.3. The molecule has 2 aromatic carbocycles. The number of phenols is 1. The third-order valence-electron chi connectivity index (χ3n) is 2.91. The third-order valence-corrected chi connectivity index (χ3v) is 3.42. The number of carbonyl (C=O) groups is 1. The summed E-state index contributed by atoms with van der Waals surface area (Å²) in [5.74, 6) is 0.521. The molecule has 27 heavy (non-hydrogen) atoms. The number of esters is 1. The number of ether oxygens (including phenoxy) is 2. The number of hydrogen-bond donors (Lipinski definition) is 2. The van der Waals surface area contributed by atoms with Gasteiger partial charge in [-0.15, -0.1) is 4.91 Å². The van der Waals surface area contributed by atoms with Crippen molar-refractivity contribution in [3.05, 3.63) is 57.5 Å². The molecule has 0 aromatic heterocycles. The van der Waals surface area contributed by atoms with Crippen LogP contribution in [0.1, 0.15) is 15.9 Å². The number of anilines is 1. The molecular weight excluding hydrogens is 407 g/mol. The van der Waals surface area contributed by atoms with Gasteiger partial charge in [0, 0.05) is 0 Å². The molecule has 0 bridgehead atoms. The Bertz CT molecular complexity index is 715. The van der Waals surface area contributed by atoms with Crippen molar-refractivity contribution in [2.24, 2.45) is 5.29 Å². The van der Waals surface area contributed by atoms with Crippen molar-refractivity contribution in [2.75, 3.05) is 19.6 Å². The number of aryl methyl sites for hydroxylation is 1. The van der Waals surface area contributed by atoms with Crippen molar-refractivity contribution in [3.63, 3.8) is 0 Å². The first-order valence-corrected chi connectivity index (χ1v) is 7.10. The number of nitrogens with zero attached hydrogens (tertiary/aromatic N) is 1. The van der Waals surface area contributed by atoms with Crippen molar-refractivity contribution in [1.82, 2.24) is 0 Å². The van der Waals surface area contributed by atoms with E-state index in [4.69, 9.17) is 21.4 Å². The molecule has 0 aliphatic heterocycles. The second kappa shape index (κ2) is 15.8. The van der Waals surface area contributed by atoms with Crippen LogP contribution in [0.15, 0.2) is 41.7 Å². The van der Waals surface area contributed by atoms with Crippen LogP contribution >= 0.6 is 11.6 Å². The van der Waals surface area contributed by atoms with Gasteiger partial charge in [-0.3, -0.25) is 0 Å².